The van der Waals surface area contributed by atoms with Crippen molar-refractivity contribution in [2.24, 2.45) is 7.05 Å². The van der Waals surface area contributed by atoms with Crippen LogP contribution in [0.5, 0.6) is 0 Å². The van der Waals surface area contributed by atoms with E-state index < -0.39 is 22.6 Å². The summed E-state index contributed by atoms with van der Waals surface area (Å²) in [4.78, 5) is 48.0. The third-order valence-corrected chi connectivity index (χ3v) is 4.27. The van der Waals surface area contributed by atoms with Crippen LogP contribution in [0.1, 0.15) is 39.1 Å². The lowest BCUT2D eigenvalue weighted by molar-refractivity contribution is -0.384. The van der Waals surface area contributed by atoms with Gasteiger partial charge in [-0.2, -0.15) is 10.4 Å². The molecule has 3 amide bonds. The van der Waals surface area contributed by atoms with E-state index in [4.69, 9.17) is 5.26 Å². The van der Waals surface area contributed by atoms with Crippen LogP contribution in [0.15, 0.2) is 24.4 Å². The van der Waals surface area contributed by atoms with Gasteiger partial charge in [-0.25, -0.2) is 0 Å². The Bertz CT molecular complexity index is 1050. The Hall–Kier alpha value is -4.07. The Balaban J connectivity index is 1.61. The molecule has 0 bridgehead atoms. The van der Waals surface area contributed by atoms with Gasteiger partial charge in [0.05, 0.1) is 22.2 Å². The number of benzene rings is 1. The van der Waals surface area contributed by atoms with Gasteiger partial charge in [0, 0.05) is 32.1 Å². The molecule has 28 heavy (non-hydrogen) atoms. The number of carbonyl (C=O) groups is 3. The lowest BCUT2D eigenvalue weighted by Crippen LogP contribution is -2.31. The molecule has 2 heterocycles. The summed E-state index contributed by atoms with van der Waals surface area (Å²) in [5, 5.41) is 26.3. The van der Waals surface area contributed by atoms with E-state index in [0.717, 1.165) is 11.0 Å². The van der Waals surface area contributed by atoms with E-state index in [1.165, 1.54) is 23.0 Å². The zero-order valence-corrected chi connectivity index (χ0v) is 14.7. The SMILES string of the molecule is Cn1ncc(C#N)c1NC(=O)CCCN1C(=O)c2ccc([N+](=O)[O-])cc2C1=O. The van der Waals surface area contributed by atoms with Crippen LogP contribution in [0.3, 0.4) is 0 Å². The molecule has 1 aromatic heterocycles. The summed E-state index contributed by atoms with van der Waals surface area (Å²) in [6.45, 7) is -0.00986. The van der Waals surface area contributed by atoms with Gasteiger partial charge >= 0.3 is 0 Å². The number of nitro benzene ring substituents is 1. The molecule has 0 unspecified atom stereocenters. The van der Waals surface area contributed by atoms with Crippen molar-refractivity contribution in [2.75, 3.05) is 11.9 Å². The molecular weight excluding hydrogens is 368 g/mol. The number of nitrogens with one attached hydrogen (secondary N) is 1. The van der Waals surface area contributed by atoms with Gasteiger partial charge in [0.25, 0.3) is 17.5 Å². The third-order valence-electron chi connectivity index (χ3n) is 4.27. The topological polar surface area (TPSA) is 151 Å². The molecule has 0 radical (unpaired) electrons. The summed E-state index contributed by atoms with van der Waals surface area (Å²) in [6, 6.07) is 5.42. The number of amides is 3. The summed E-state index contributed by atoms with van der Waals surface area (Å²) in [7, 11) is 1.58. The fourth-order valence-electron chi connectivity index (χ4n) is 2.86. The third kappa shape index (κ3) is 3.30. The van der Waals surface area contributed by atoms with Crippen LogP contribution in [0.4, 0.5) is 11.5 Å². The largest absolute Gasteiger partial charge is 0.310 e. The Morgan fingerprint density at radius 2 is 2.04 bits per heavy atom. The number of nitriles is 1. The van der Waals surface area contributed by atoms with E-state index in [2.05, 4.69) is 10.4 Å². The molecular formula is C17H14N6O5. The van der Waals surface area contributed by atoms with E-state index >= 15 is 0 Å². The standard InChI is InChI=1S/C17H14N6O5/c1-21-15(10(8-18)9-19-21)20-14(24)3-2-6-22-16(25)12-5-4-11(23(27)28)7-13(12)17(22)26/h4-5,7,9H,2-3,6H2,1H3,(H,20,24). The summed E-state index contributed by atoms with van der Waals surface area (Å²) in [5.74, 6) is -1.30. The number of anilines is 1. The van der Waals surface area contributed by atoms with E-state index in [1.54, 1.807) is 7.05 Å². The minimum atomic E-state index is -0.640. The van der Waals surface area contributed by atoms with Gasteiger partial charge in [-0.05, 0) is 12.5 Å². The van der Waals surface area contributed by atoms with Crippen molar-refractivity contribution in [3.05, 3.63) is 51.2 Å². The van der Waals surface area contributed by atoms with E-state index in [1.807, 2.05) is 6.07 Å². The highest BCUT2D eigenvalue weighted by atomic mass is 16.6. The number of hydrogen-bond donors (Lipinski definition) is 1. The number of hydrogen-bond acceptors (Lipinski definition) is 7. The number of aryl methyl sites for hydroxylation is 1. The van der Waals surface area contributed by atoms with Crippen molar-refractivity contribution in [3.8, 4) is 6.07 Å². The van der Waals surface area contributed by atoms with E-state index in [9.17, 15) is 24.5 Å². The van der Waals surface area contributed by atoms with Gasteiger partial charge in [-0.15, -0.1) is 0 Å². The molecule has 1 N–H and O–H groups in total. The Morgan fingerprint density at radius 1 is 1.32 bits per heavy atom. The van der Waals surface area contributed by atoms with Crippen molar-refractivity contribution in [2.45, 2.75) is 12.8 Å². The van der Waals surface area contributed by atoms with Crippen LogP contribution in [-0.2, 0) is 11.8 Å². The van der Waals surface area contributed by atoms with Crippen molar-refractivity contribution in [1.82, 2.24) is 14.7 Å². The number of aromatic nitrogens is 2. The monoisotopic (exact) mass is 382 g/mol. The molecule has 0 saturated carbocycles. The van der Waals surface area contributed by atoms with Gasteiger partial charge in [-0.1, -0.05) is 0 Å². The Morgan fingerprint density at radius 3 is 2.71 bits per heavy atom. The minimum Gasteiger partial charge on any atom is -0.310 e. The minimum absolute atomic E-state index is 0.00357. The quantitative estimate of drug-likeness (QED) is 0.448. The molecule has 3 rings (SSSR count). The molecule has 142 valence electrons. The van der Waals surface area contributed by atoms with Gasteiger partial charge in [0.1, 0.15) is 17.5 Å². The first-order valence-corrected chi connectivity index (χ1v) is 8.20. The highest BCUT2D eigenvalue weighted by Crippen LogP contribution is 2.27. The summed E-state index contributed by atoms with van der Waals surface area (Å²) in [5.41, 5.74) is 0.0363. The molecule has 2 aromatic rings. The maximum absolute atomic E-state index is 12.4. The highest BCUT2D eigenvalue weighted by molar-refractivity contribution is 6.21. The van der Waals surface area contributed by atoms with Gasteiger partial charge in [-0.3, -0.25) is 34.1 Å². The highest BCUT2D eigenvalue weighted by Gasteiger charge is 2.36. The van der Waals surface area contributed by atoms with Crippen molar-refractivity contribution in [1.29, 1.82) is 5.26 Å². The molecule has 1 aliphatic rings. The Labute approximate surface area is 158 Å². The van der Waals surface area contributed by atoms with Crippen LogP contribution in [0.2, 0.25) is 0 Å². The number of nitro groups is 1. The van der Waals surface area contributed by atoms with Gasteiger partial charge in [0.15, 0.2) is 0 Å². The van der Waals surface area contributed by atoms with Crippen LogP contribution < -0.4 is 5.32 Å². The van der Waals surface area contributed by atoms with E-state index in [-0.39, 0.29) is 47.6 Å². The second kappa shape index (κ2) is 7.28. The second-order valence-corrected chi connectivity index (χ2v) is 6.04. The van der Waals surface area contributed by atoms with Crippen molar-refractivity contribution >= 4 is 29.2 Å². The molecule has 1 aromatic carbocycles. The first-order valence-electron chi connectivity index (χ1n) is 8.20. The maximum Gasteiger partial charge on any atom is 0.270 e. The summed E-state index contributed by atoms with van der Waals surface area (Å²) in [6.07, 6.45) is 1.52. The normalized spacial score (nSPS) is 12.6. The Kier molecular flexibility index (Phi) is 4.86. The van der Waals surface area contributed by atoms with Gasteiger partial charge < -0.3 is 5.32 Å². The fourth-order valence-corrected chi connectivity index (χ4v) is 2.86. The number of fused-ring (bicyclic) bond motifs is 1. The zero-order chi connectivity index (χ0) is 20.4. The molecule has 11 nitrogen and oxygen atoms in total. The van der Waals surface area contributed by atoms with Crippen molar-refractivity contribution < 1.29 is 19.3 Å². The number of rotatable bonds is 6. The van der Waals surface area contributed by atoms with Crippen LogP contribution >= 0.6 is 0 Å². The first-order chi connectivity index (χ1) is 13.3. The number of non-ortho nitro benzene ring substituents is 1. The number of carbonyl (C=O) groups excluding carboxylic acids is 3. The van der Waals surface area contributed by atoms with E-state index in [0.29, 0.717) is 0 Å². The molecule has 0 saturated heterocycles. The van der Waals surface area contributed by atoms with Crippen molar-refractivity contribution in [3.63, 3.8) is 0 Å². The predicted octanol–water partition coefficient (Wildman–Crippen LogP) is 1.21. The molecule has 0 spiro atoms. The van der Waals surface area contributed by atoms with Crippen LogP contribution in [-0.4, -0.2) is 43.9 Å². The lowest BCUT2D eigenvalue weighted by Gasteiger charge is -2.13. The number of nitrogens with zero attached hydrogens (tertiary/aromatic N) is 5. The van der Waals surface area contributed by atoms with Gasteiger partial charge in [0.2, 0.25) is 5.91 Å². The average molecular weight is 382 g/mol. The summed E-state index contributed by atoms with van der Waals surface area (Å²) >= 11 is 0. The molecule has 0 fully saturated rings. The number of imide groups is 1. The average Bonchev–Trinajstić information content (AvgIpc) is 3.13. The van der Waals surface area contributed by atoms with Crippen LogP contribution in [0.25, 0.3) is 0 Å². The zero-order valence-electron chi connectivity index (χ0n) is 14.7. The smallest absolute Gasteiger partial charge is 0.270 e. The molecule has 1 aliphatic heterocycles. The first kappa shape index (κ1) is 18.7. The molecule has 0 atom stereocenters. The predicted molar refractivity (Wildman–Crippen MR) is 94.3 cm³/mol. The fraction of sp³-hybridized carbons (Fsp3) is 0.235. The van der Waals surface area contributed by atoms with Crippen LogP contribution in [0, 0.1) is 21.4 Å². The molecule has 11 heteroatoms. The lowest BCUT2D eigenvalue weighted by atomic mass is 10.1. The second-order valence-electron chi connectivity index (χ2n) is 6.04. The molecule has 0 aliphatic carbocycles. The summed E-state index contributed by atoms with van der Waals surface area (Å²) < 4.78 is 1.35. The maximum atomic E-state index is 12.4.